The summed E-state index contributed by atoms with van der Waals surface area (Å²) in [5.74, 6) is 0.939. The van der Waals surface area contributed by atoms with Crippen LogP contribution in [0.4, 0.5) is 5.69 Å². The Labute approximate surface area is 176 Å². The first-order valence-electron chi connectivity index (χ1n) is 10.6. The van der Waals surface area contributed by atoms with E-state index in [-0.39, 0.29) is 5.78 Å². The molecule has 0 spiro atoms. The molecule has 6 heteroatoms. The highest BCUT2D eigenvalue weighted by atomic mass is 16.5. The second-order valence-corrected chi connectivity index (χ2v) is 7.96. The fourth-order valence-corrected chi connectivity index (χ4v) is 4.21. The van der Waals surface area contributed by atoms with Crippen LogP contribution in [-0.2, 0) is 4.79 Å². The lowest BCUT2D eigenvalue weighted by molar-refractivity contribution is -0.114. The molecule has 2 aromatic heterocycles. The maximum Gasteiger partial charge on any atom is 0.166 e. The lowest BCUT2D eigenvalue weighted by Gasteiger charge is -2.24. The van der Waals surface area contributed by atoms with Crippen molar-refractivity contribution in [1.29, 1.82) is 0 Å². The average molecular weight is 402 g/mol. The first-order valence-corrected chi connectivity index (χ1v) is 10.6. The minimum absolute atomic E-state index is 0.0968. The molecule has 30 heavy (non-hydrogen) atoms. The standard InChI is InChI=1S/C24H26N4O2/c1-17-15-28-16-19(4-6-24(28)26-17)21-13-18-3-5-20(27-10-2-8-25-9-11-27)14-23(18)30-12-7-22(21)29/h3-6,13-16,25H,2,7-12H2,1H3. The quantitative estimate of drug-likeness (QED) is 0.713. The number of anilines is 1. The molecule has 0 amide bonds. The zero-order valence-electron chi connectivity index (χ0n) is 17.2. The fourth-order valence-electron chi connectivity index (χ4n) is 4.21. The molecule has 1 aromatic carbocycles. The molecule has 4 heterocycles. The van der Waals surface area contributed by atoms with Gasteiger partial charge in [-0.3, -0.25) is 4.79 Å². The van der Waals surface area contributed by atoms with Crippen LogP contribution in [0.3, 0.4) is 0 Å². The Balaban J connectivity index is 1.53. The van der Waals surface area contributed by atoms with Gasteiger partial charge in [0.2, 0.25) is 0 Å². The number of aromatic nitrogens is 2. The van der Waals surface area contributed by atoms with E-state index in [0.29, 0.717) is 13.0 Å². The molecule has 0 aliphatic carbocycles. The molecule has 0 saturated carbocycles. The van der Waals surface area contributed by atoms with E-state index in [2.05, 4.69) is 33.4 Å². The Hall–Kier alpha value is -3.12. The van der Waals surface area contributed by atoms with Gasteiger partial charge < -0.3 is 19.4 Å². The number of carbonyl (C=O) groups excluding carboxylic acids is 1. The summed E-state index contributed by atoms with van der Waals surface area (Å²) in [5.41, 5.74) is 5.58. The Bertz CT molecular complexity index is 1120. The zero-order valence-corrected chi connectivity index (χ0v) is 17.2. The second-order valence-electron chi connectivity index (χ2n) is 7.96. The van der Waals surface area contributed by atoms with Gasteiger partial charge in [-0.05, 0) is 50.2 Å². The van der Waals surface area contributed by atoms with E-state index in [9.17, 15) is 4.79 Å². The molecule has 1 saturated heterocycles. The summed E-state index contributed by atoms with van der Waals surface area (Å²) in [6, 6.07) is 10.3. The van der Waals surface area contributed by atoms with Crippen molar-refractivity contribution < 1.29 is 9.53 Å². The van der Waals surface area contributed by atoms with Crippen molar-refractivity contribution in [2.45, 2.75) is 19.8 Å². The van der Waals surface area contributed by atoms with E-state index in [1.165, 1.54) is 5.69 Å². The van der Waals surface area contributed by atoms with Crippen molar-refractivity contribution >= 4 is 28.8 Å². The lowest BCUT2D eigenvalue weighted by Crippen LogP contribution is -2.27. The molecule has 3 aromatic rings. The molecule has 0 unspecified atom stereocenters. The van der Waals surface area contributed by atoms with Crippen LogP contribution in [0.15, 0.2) is 42.7 Å². The lowest BCUT2D eigenvalue weighted by atomic mass is 9.97. The van der Waals surface area contributed by atoms with Crippen molar-refractivity contribution in [1.82, 2.24) is 14.7 Å². The fraction of sp³-hybridized carbons (Fsp3) is 0.333. The van der Waals surface area contributed by atoms with E-state index < -0.39 is 0 Å². The average Bonchev–Trinajstić information content (AvgIpc) is 2.92. The van der Waals surface area contributed by atoms with Crippen LogP contribution >= 0.6 is 0 Å². The number of hydrogen-bond acceptors (Lipinski definition) is 5. The van der Waals surface area contributed by atoms with E-state index in [1.807, 2.05) is 41.9 Å². The number of nitrogens with one attached hydrogen (secondary N) is 1. The van der Waals surface area contributed by atoms with Gasteiger partial charge in [0.1, 0.15) is 11.4 Å². The van der Waals surface area contributed by atoms with Crippen LogP contribution in [0.1, 0.15) is 29.7 Å². The van der Waals surface area contributed by atoms with Gasteiger partial charge in [0.15, 0.2) is 5.78 Å². The SMILES string of the molecule is Cc1cn2cc(C3=Cc4ccc(N5CCCNCC5)cc4OCCC3=O)ccc2n1. The number of ketones is 1. The van der Waals surface area contributed by atoms with E-state index in [1.54, 1.807) is 0 Å². The number of aryl methyl sites for hydroxylation is 1. The summed E-state index contributed by atoms with van der Waals surface area (Å²) >= 11 is 0. The number of ether oxygens (including phenoxy) is 1. The van der Waals surface area contributed by atoms with Crippen molar-refractivity contribution in [3.05, 3.63) is 59.5 Å². The highest BCUT2D eigenvalue weighted by Gasteiger charge is 2.19. The Morgan fingerprint density at radius 2 is 2.03 bits per heavy atom. The minimum Gasteiger partial charge on any atom is -0.492 e. The summed E-state index contributed by atoms with van der Waals surface area (Å²) < 4.78 is 7.97. The first-order chi connectivity index (χ1) is 14.7. The third-order valence-electron chi connectivity index (χ3n) is 5.77. The Morgan fingerprint density at radius 1 is 1.10 bits per heavy atom. The van der Waals surface area contributed by atoms with Gasteiger partial charge in [-0.25, -0.2) is 4.98 Å². The maximum absolute atomic E-state index is 12.9. The van der Waals surface area contributed by atoms with Crippen LogP contribution in [0.2, 0.25) is 0 Å². The van der Waals surface area contributed by atoms with Gasteiger partial charge in [-0.2, -0.15) is 0 Å². The summed E-state index contributed by atoms with van der Waals surface area (Å²) in [7, 11) is 0. The molecule has 5 rings (SSSR count). The zero-order chi connectivity index (χ0) is 20.5. The number of Topliss-reactive ketones (excluding diaryl/α,β-unsaturated/α-hetero) is 1. The molecule has 0 radical (unpaired) electrons. The monoisotopic (exact) mass is 402 g/mol. The smallest absolute Gasteiger partial charge is 0.166 e. The van der Waals surface area contributed by atoms with Crippen LogP contribution in [0.5, 0.6) is 5.75 Å². The molecule has 1 N–H and O–H groups in total. The van der Waals surface area contributed by atoms with Crippen LogP contribution in [-0.4, -0.2) is 48.0 Å². The van der Waals surface area contributed by atoms with Crippen LogP contribution in [0, 0.1) is 6.92 Å². The minimum atomic E-state index is 0.0968. The summed E-state index contributed by atoms with van der Waals surface area (Å²) in [5, 5.41) is 3.44. The molecule has 2 aliphatic rings. The molecular weight excluding hydrogens is 376 g/mol. The van der Waals surface area contributed by atoms with Crippen molar-refractivity contribution in [3.8, 4) is 5.75 Å². The van der Waals surface area contributed by atoms with Crippen LogP contribution < -0.4 is 15.0 Å². The number of carbonyl (C=O) groups is 1. The largest absolute Gasteiger partial charge is 0.492 e. The number of rotatable bonds is 2. The number of pyridine rings is 1. The van der Waals surface area contributed by atoms with Gasteiger partial charge in [0.05, 0.1) is 12.3 Å². The topological polar surface area (TPSA) is 58.9 Å². The normalized spacial score (nSPS) is 17.6. The number of hydrogen-bond donors (Lipinski definition) is 1. The van der Waals surface area contributed by atoms with Gasteiger partial charge in [0, 0.05) is 66.9 Å². The third kappa shape index (κ3) is 3.71. The van der Waals surface area contributed by atoms with Gasteiger partial charge in [0.25, 0.3) is 0 Å². The van der Waals surface area contributed by atoms with Crippen molar-refractivity contribution in [2.24, 2.45) is 0 Å². The number of benzene rings is 1. The molecule has 1 fully saturated rings. The van der Waals surface area contributed by atoms with Gasteiger partial charge in [-0.15, -0.1) is 0 Å². The third-order valence-corrected chi connectivity index (χ3v) is 5.77. The Kier molecular flexibility index (Phi) is 5.01. The van der Waals surface area contributed by atoms with Crippen molar-refractivity contribution in [3.63, 3.8) is 0 Å². The molecule has 2 aliphatic heterocycles. The molecule has 154 valence electrons. The molecule has 0 atom stereocenters. The molecule has 6 nitrogen and oxygen atoms in total. The number of allylic oxidation sites excluding steroid dienone is 1. The van der Waals surface area contributed by atoms with E-state index in [4.69, 9.17) is 4.74 Å². The second kappa shape index (κ2) is 7.95. The number of fused-ring (bicyclic) bond motifs is 2. The predicted octanol–water partition coefficient (Wildman–Crippen LogP) is 3.33. The van der Waals surface area contributed by atoms with E-state index in [0.717, 1.165) is 66.4 Å². The summed E-state index contributed by atoms with van der Waals surface area (Å²) in [6.45, 7) is 6.44. The van der Waals surface area contributed by atoms with Crippen molar-refractivity contribution in [2.75, 3.05) is 37.7 Å². The summed E-state index contributed by atoms with van der Waals surface area (Å²) in [6.07, 6.45) is 7.43. The maximum atomic E-state index is 12.9. The van der Waals surface area contributed by atoms with Gasteiger partial charge in [-0.1, -0.05) is 0 Å². The van der Waals surface area contributed by atoms with E-state index >= 15 is 0 Å². The summed E-state index contributed by atoms with van der Waals surface area (Å²) in [4.78, 5) is 19.8. The van der Waals surface area contributed by atoms with Crippen LogP contribution in [0.25, 0.3) is 17.3 Å². The Morgan fingerprint density at radius 3 is 2.97 bits per heavy atom. The number of imidazole rings is 1. The molecular formula is C24H26N4O2. The predicted molar refractivity (Wildman–Crippen MR) is 119 cm³/mol. The highest BCUT2D eigenvalue weighted by Crippen LogP contribution is 2.32. The molecule has 0 bridgehead atoms. The highest BCUT2D eigenvalue weighted by molar-refractivity contribution is 6.25. The number of nitrogens with zero attached hydrogens (tertiary/aromatic N) is 3. The first kappa shape index (κ1) is 18.9. The van der Waals surface area contributed by atoms with Gasteiger partial charge >= 0.3 is 0 Å².